The van der Waals surface area contributed by atoms with E-state index in [0.717, 1.165) is 16.9 Å². The van der Waals surface area contributed by atoms with Gasteiger partial charge in [-0.05, 0) is 42.3 Å². The van der Waals surface area contributed by atoms with Gasteiger partial charge in [-0.1, -0.05) is 36.2 Å². The second-order valence-corrected chi connectivity index (χ2v) is 9.61. The fourth-order valence-corrected chi connectivity index (χ4v) is 4.65. The first-order chi connectivity index (χ1) is 19.5. The molecule has 0 aliphatic carbocycles. The van der Waals surface area contributed by atoms with Crippen LogP contribution in [0.1, 0.15) is 53.8 Å². The third-order valence-electron chi connectivity index (χ3n) is 6.44. The summed E-state index contributed by atoms with van der Waals surface area (Å²) in [5, 5.41) is 7.57. The molecule has 0 aliphatic heterocycles. The highest BCUT2D eigenvalue weighted by atomic mass is 35.5. The molecule has 4 aromatic rings. The van der Waals surface area contributed by atoms with Gasteiger partial charge in [0.05, 0.1) is 36.8 Å². The number of primary amides is 1. The van der Waals surface area contributed by atoms with Crippen LogP contribution in [-0.4, -0.2) is 38.4 Å². The molecule has 0 bridgehead atoms. The average molecular weight is 588 g/mol. The molecule has 1 atom stereocenters. The van der Waals surface area contributed by atoms with Gasteiger partial charge in [-0.25, -0.2) is 17.9 Å². The molecule has 0 saturated carbocycles. The first kappa shape index (κ1) is 29.5. The molecule has 1 amide bonds. The predicted octanol–water partition coefficient (Wildman–Crippen LogP) is 5.09. The van der Waals surface area contributed by atoms with Crippen molar-refractivity contribution in [2.75, 3.05) is 7.11 Å². The Kier molecular flexibility index (Phi) is 8.92. The van der Waals surface area contributed by atoms with E-state index < -0.39 is 35.4 Å². The van der Waals surface area contributed by atoms with E-state index in [1.807, 2.05) is 6.92 Å². The van der Waals surface area contributed by atoms with Crippen molar-refractivity contribution in [3.05, 3.63) is 92.9 Å². The molecule has 214 valence electrons. The van der Waals surface area contributed by atoms with Crippen LogP contribution in [0, 0.1) is 5.82 Å². The molecule has 0 fully saturated rings. The molecule has 0 spiro atoms. The van der Waals surface area contributed by atoms with Gasteiger partial charge in [0.25, 0.3) is 17.9 Å². The second kappa shape index (κ2) is 12.4. The van der Waals surface area contributed by atoms with Crippen molar-refractivity contribution in [3.8, 4) is 22.6 Å². The van der Waals surface area contributed by atoms with Crippen molar-refractivity contribution in [2.24, 2.45) is 5.73 Å². The molecule has 2 heterocycles. The van der Waals surface area contributed by atoms with Crippen LogP contribution in [-0.2, 0) is 11.2 Å². The fraction of sp³-hybridized carbons (Fsp3) is 0.250. The lowest BCUT2D eigenvalue weighted by atomic mass is 9.98. The molecule has 0 radical (unpaired) electrons. The monoisotopic (exact) mass is 587 g/mol. The van der Waals surface area contributed by atoms with Crippen LogP contribution >= 0.6 is 11.6 Å². The number of hydrogen-bond donors (Lipinski definition) is 1. The lowest BCUT2D eigenvalue weighted by Gasteiger charge is -2.21. The van der Waals surface area contributed by atoms with Gasteiger partial charge >= 0.3 is 0 Å². The minimum Gasteiger partial charge on any atom is -0.495 e. The minimum atomic E-state index is -2.83. The molecule has 0 saturated heterocycles. The number of alkyl halides is 2. The molecule has 0 aliphatic rings. The quantitative estimate of drug-likeness (QED) is 0.261. The summed E-state index contributed by atoms with van der Waals surface area (Å²) in [6.45, 7) is 1.85. The summed E-state index contributed by atoms with van der Waals surface area (Å²) in [6, 6.07) is 8.67. The van der Waals surface area contributed by atoms with Crippen LogP contribution in [0.25, 0.3) is 16.8 Å². The Morgan fingerprint density at radius 1 is 1.10 bits per heavy atom. The molecular weight excluding hydrogens is 563 g/mol. The first-order valence-electron chi connectivity index (χ1n) is 12.5. The van der Waals surface area contributed by atoms with Gasteiger partial charge in [0, 0.05) is 28.6 Å². The number of amides is 1. The zero-order valence-corrected chi connectivity index (χ0v) is 22.7. The number of halogens is 4. The van der Waals surface area contributed by atoms with E-state index in [-0.39, 0.29) is 29.1 Å². The van der Waals surface area contributed by atoms with Gasteiger partial charge in [0.1, 0.15) is 17.3 Å². The van der Waals surface area contributed by atoms with Gasteiger partial charge in [-0.15, -0.1) is 5.10 Å². The van der Waals surface area contributed by atoms with Gasteiger partial charge in [-0.3, -0.25) is 14.4 Å². The first-order valence-corrected chi connectivity index (χ1v) is 12.8. The number of nitrogens with zero attached hydrogens (tertiary/aromatic N) is 4. The van der Waals surface area contributed by atoms with Crippen LogP contribution in [0.15, 0.2) is 59.7 Å². The van der Waals surface area contributed by atoms with Crippen molar-refractivity contribution in [2.45, 2.75) is 38.7 Å². The molecule has 4 rings (SSSR count). The Morgan fingerprint density at radius 3 is 2.46 bits per heavy atom. The van der Waals surface area contributed by atoms with Crippen molar-refractivity contribution < 1.29 is 27.5 Å². The summed E-state index contributed by atoms with van der Waals surface area (Å²) in [5.41, 5.74) is 5.05. The highest BCUT2D eigenvalue weighted by Gasteiger charge is 2.25. The van der Waals surface area contributed by atoms with Gasteiger partial charge < -0.3 is 15.0 Å². The van der Waals surface area contributed by atoms with Crippen LogP contribution in [0.4, 0.5) is 13.2 Å². The lowest BCUT2D eigenvalue weighted by molar-refractivity contribution is -0.121. The minimum absolute atomic E-state index is 0.200. The van der Waals surface area contributed by atoms with Crippen molar-refractivity contribution in [3.63, 3.8) is 0 Å². The number of rotatable bonds is 11. The van der Waals surface area contributed by atoms with Crippen LogP contribution in [0.3, 0.4) is 0 Å². The number of Topliss-reactive ketones (excluding diaryl/α,β-unsaturated/α-hetero) is 1. The Hall–Kier alpha value is -4.45. The maximum absolute atomic E-state index is 14.3. The normalized spacial score (nSPS) is 12.0. The number of carbonyl (C=O) groups is 2. The standard InChI is InChI=1S/C28H25ClF3N5O4/c1-3-4-23(24(38)10-15-5-7-17(28(33)40)20(30)9-15)36-14-25(41-2)19(12-26(36)39)18-11-16(29)6-8-22(18)37-13-21(27(31)32)34-35-37/h5-9,11-14,23,27H,3-4,10H2,1-2H3,(H2,33,40)/t23-/m0/s1. The highest BCUT2D eigenvalue weighted by Crippen LogP contribution is 2.36. The Balaban J connectivity index is 1.75. The number of methoxy groups -OCH3 is 1. The van der Waals surface area contributed by atoms with Gasteiger partial charge in [0.15, 0.2) is 5.78 Å². The number of hydrogen-bond acceptors (Lipinski definition) is 6. The highest BCUT2D eigenvalue weighted by molar-refractivity contribution is 6.31. The number of ether oxygens (including phenoxy) is 1. The molecule has 0 unspecified atom stereocenters. The van der Waals surface area contributed by atoms with Crippen molar-refractivity contribution in [1.29, 1.82) is 0 Å². The Bertz CT molecular complexity index is 1670. The maximum atomic E-state index is 14.3. The molecule has 2 aromatic carbocycles. The van der Waals surface area contributed by atoms with E-state index >= 15 is 0 Å². The second-order valence-electron chi connectivity index (χ2n) is 9.18. The average Bonchev–Trinajstić information content (AvgIpc) is 3.42. The molecule has 41 heavy (non-hydrogen) atoms. The lowest BCUT2D eigenvalue weighted by Crippen LogP contribution is -2.30. The largest absolute Gasteiger partial charge is 0.495 e. The number of carbonyl (C=O) groups excluding carboxylic acids is 2. The summed E-state index contributed by atoms with van der Waals surface area (Å²) >= 11 is 6.24. The van der Waals surface area contributed by atoms with E-state index in [9.17, 15) is 27.6 Å². The van der Waals surface area contributed by atoms with Crippen LogP contribution in [0.5, 0.6) is 5.75 Å². The van der Waals surface area contributed by atoms with Crippen molar-refractivity contribution >= 4 is 23.3 Å². The van der Waals surface area contributed by atoms with Crippen LogP contribution < -0.4 is 16.0 Å². The number of aromatic nitrogens is 4. The van der Waals surface area contributed by atoms with Gasteiger partial charge in [-0.2, -0.15) is 0 Å². The molecule has 9 nitrogen and oxygen atoms in total. The van der Waals surface area contributed by atoms with Crippen molar-refractivity contribution in [1.82, 2.24) is 19.6 Å². The van der Waals surface area contributed by atoms with E-state index in [2.05, 4.69) is 10.3 Å². The number of ketones is 1. The third kappa shape index (κ3) is 6.32. The van der Waals surface area contributed by atoms with E-state index in [1.54, 1.807) is 6.07 Å². The van der Waals surface area contributed by atoms with E-state index in [1.165, 1.54) is 48.2 Å². The fourth-order valence-electron chi connectivity index (χ4n) is 4.48. The van der Waals surface area contributed by atoms with E-state index in [4.69, 9.17) is 22.1 Å². The summed E-state index contributed by atoms with van der Waals surface area (Å²) in [6.07, 6.45) is 0.292. The number of nitrogens with two attached hydrogens (primary N) is 1. The Labute approximate surface area is 237 Å². The molecular formula is C28H25ClF3N5O4. The number of benzene rings is 2. The Morgan fingerprint density at radius 2 is 1.85 bits per heavy atom. The maximum Gasteiger partial charge on any atom is 0.283 e. The van der Waals surface area contributed by atoms with E-state index in [0.29, 0.717) is 34.7 Å². The molecule has 2 aromatic heterocycles. The third-order valence-corrected chi connectivity index (χ3v) is 6.68. The summed E-state index contributed by atoms with van der Waals surface area (Å²) in [7, 11) is 1.38. The predicted molar refractivity (Wildman–Crippen MR) is 145 cm³/mol. The summed E-state index contributed by atoms with van der Waals surface area (Å²) in [5.74, 6) is -1.93. The van der Waals surface area contributed by atoms with Gasteiger partial charge in [0.2, 0.25) is 0 Å². The molecule has 13 heteroatoms. The smallest absolute Gasteiger partial charge is 0.283 e. The SMILES string of the molecule is CCC[C@@H](C(=O)Cc1ccc(C(N)=O)c(F)c1)n1cc(OC)c(-c2cc(Cl)ccc2-n2cc(C(F)F)nn2)cc1=O. The zero-order valence-electron chi connectivity index (χ0n) is 22.0. The van der Waals surface area contributed by atoms with Crippen LogP contribution in [0.2, 0.25) is 5.02 Å². The summed E-state index contributed by atoms with van der Waals surface area (Å²) < 4.78 is 48.5. The zero-order chi connectivity index (χ0) is 29.8. The summed E-state index contributed by atoms with van der Waals surface area (Å²) in [4.78, 5) is 38.1. The number of pyridine rings is 1. The topological polar surface area (TPSA) is 122 Å². The molecule has 2 N–H and O–H groups in total.